The molecule has 2 aromatic heterocycles. The minimum atomic E-state index is 0.319. The van der Waals surface area contributed by atoms with Gasteiger partial charge in [-0.1, -0.05) is 0 Å². The molecule has 0 fully saturated rings. The van der Waals surface area contributed by atoms with Crippen molar-refractivity contribution >= 4 is 0 Å². The molecule has 0 radical (unpaired) electrons. The van der Waals surface area contributed by atoms with Gasteiger partial charge in [0.05, 0.1) is 0 Å². The molecule has 0 saturated heterocycles. The standard InChI is InChI=1S/C10H8N4O/c1-7-4-10(14-13-7)15-9-2-3-12-8(5-9)6-11/h2-5H,1H3,(H,13,14). The Bertz CT molecular complexity index is 512. The van der Waals surface area contributed by atoms with Gasteiger partial charge in [0, 0.05) is 24.0 Å². The first kappa shape index (κ1) is 9.21. The molecule has 1 N–H and O–H groups in total. The number of nitrogens with one attached hydrogen (secondary N) is 1. The van der Waals surface area contributed by atoms with E-state index in [9.17, 15) is 0 Å². The van der Waals surface area contributed by atoms with E-state index >= 15 is 0 Å². The molecule has 15 heavy (non-hydrogen) atoms. The van der Waals surface area contributed by atoms with Crippen LogP contribution in [-0.2, 0) is 0 Å². The zero-order chi connectivity index (χ0) is 10.7. The minimum Gasteiger partial charge on any atom is -0.437 e. The fourth-order valence-electron chi connectivity index (χ4n) is 1.10. The van der Waals surface area contributed by atoms with E-state index in [0.29, 0.717) is 17.3 Å². The van der Waals surface area contributed by atoms with E-state index in [0.717, 1.165) is 5.69 Å². The van der Waals surface area contributed by atoms with Crippen molar-refractivity contribution in [2.45, 2.75) is 6.92 Å². The van der Waals surface area contributed by atoms with Crippen molar-refractivity contribution in [3.8, 4) is 17.7 Å². The lowest BCUT2D eigenvalue weighted by atomic mass is 10.3. The van der Waals surface area contributed by atoms with Gasteiger partial charge in [-0.25, -0.2) is 4.98 Å². The van der Waals surface area contributed by atoms with E-state index in [4.69, 9.17) is 10.00 Å². The Morgan fingerprint density at radius 1 is 1.47 bits per heavy atom. The molecule has 2 heterocycles. The van der Waals surface area contributed by atoms with Gasteiger partial charge in [-0.3, -0.25) is 5.10 Å². The average molecular weight is 200 g/mol. The summed E-state index contributed by atoms with van der Waals surface area (Å²) in [5.41, 5.74) is 1.24. The molecule has 5 nitrogen and oxygen atoms in total. The molecule has 0 spiro atoms. The summed E-state index contributed by atoms with van der Waals surface area (Å²) in [6, 6.07) is 6.94. The molecule has 74 valence electrons. The number of aryl methyl sites for hydroxylation is 1. The third-order valence-corrected chi connectivity index (χ3v) is 1.75. The lowest BCUT2D eigenvalue weighted by Crippen LogP contribution is -1.87. The number of pyridine rings is 1. The van der Waals surface area contributed by atoms with Crippen molar-refractivity contribution < 1.29 is 4.74 Å². The summed E-state index contributed by atoms with van der Waals surface area (Å²) >= 11 is 0. The number of nitrogens with zero attached hydrogens (tertiary/aromatic N) is 3. The van der Waals surface area contributed by atoms with Crippen molar-refractivity contribution in [1.82, 2.24) is 15.2 Å². The Balaban J connectivity index is 2.21. The first-order valence-corrected chi connectivity index (χ1v) is 4.34. The smallest absolute Gasteiger partial charge is 0.238 e. The van der Waals surface area contributed by atoms with Crippen LogP contribution in [0.25, 0.3) is 0 Å². The fourth-order valence-corrected chi connectivity index (χ4v) is 1.10. The quantitative estimate of drug-likeness (QED) is 0.801. The molecule has 5 heteroatoms. The van der Waals surface area contributed by atoms with Crippen LogP contribution in [0.4, 0.5) is 0 Å². The van der Waals surface area contributed by atoms with Gasteiger partial charge in [-0.2, -0.15) is 5.26 Å². The highest BCUT2D eigenvalue weighted by molar-refractivity contribution is 5.32. The molecule has 0 bridgehead atoms. The van der Waals surface area contributed by atoms with Gasteiger partial charge in [-0.05, 0) is 13.0 Å². The van der Waals surface area contributed by atoms with Crippen LogP contribution in [0, 0.1) is 18.3 Å². The van der Waals surface area contributed by atoms with E-state index in [-0.39, 0.29) is 0 Å². The normalized spacial score (nSPS) is 9.60. The van der Waals surface area contributed by atoms with Gasteiger partial charge < -0.3 is 4.74 Å². The number of rotatable bonds is 2. The fraction of sp³-hybridized carbons (Fsp3) is 0.100. The van der Waals surface area contributed by atoms with Crippen molar-refractivity contribution in [3.63, 3.8) is 0 Å². The molecule has 0 amide bonds. The highest BCUT2D eigenvalue weighted by Gasteiger charge is 2.01. The second kappa shape index (κ2) is 3.80. The second-order valence-electron chi connectivity index (χ2n) is 2.98. The zero-order valence-electron chi connectivity index (χ0n) is 8.06. The van der Waals surface area contributed by atoms with E-state index in [2.05, 4.69) is 15.2 Å². The minimum absolute atomic E-state index is 0.319. The Morgan fingerprint density at radius 2 is 2.33 bits per heavy atom. The summed E-state index contributed by atoms with van der Waals surface area (Å²) in [7, 11) is 0. The molecule has 2 aromatic rings. The van der Waals surface area contributed by atoms with Crippen LogP contribution in [-0.4, -0.2) is 15.2 Å². The average Bonchev–Trinajstić information content (AvgIpc) is 2.64. The van der Waals surface area contributed by atoms with E-state index in [1.165, 1.54) is 6.20 Å². The van der Waals surface area contributed by atoms with E-state index in [1.54, 1.807) is 18.2 Å². The topological polar surface area (TPSA) is 74.6 Å². The van der Waals surface area contributed by atoms with Gasteiger partial charge in [0.25, 0.3) is 0 Å². The number of aromatic amines is 1. The highest BCUT2D eigenvalue weighted by atomic mass is 16.5. The monoisotopic (exact) mass is 200 g/mol. The lowest BCUT2D eigenvalue weighted by molar-refractivity contribution is 0.460. The van der Waals surface area contributed by atoms with Crippen LogP contribution in [0.2, 0.25) is 0 Å². The maximum Gasteiger partial charge on any atom is 0.238 e. The van der Waals surface area contributed by atoms with Crippen molar-refractivity contribution in [2.24, 2.45) is 0 Å². The second-order valence-corrected chi connectivity index (χ2v) is 2.98. The van der Waals surface area contributed by atoms with Crippen LogP contribution in [0.3, 0.4) is 0 Å². The number of hydrogen-bond donors (Lipinski definition) is 1. The molecule has 0 unspecified atom stereocenters. The van der Waals surface area contributed by atoms with Crippen LogP contribution in [0.5, 0.6) is 11.6 Å². The zero-order valence-corrected chi connectivity index (χ0v) is 8.06. The predicted octanol–water partition coefficient (Wildman–Crippen LogP) is 1.78. The molecule has 0 aliphatic rings. The maximum atomic E-state index is 8.64. The lowest BCUT2D eigenvalue weighted by Gasteiger charge is -2.00. The maximum absolute atomic E-state index is 8.64. The van der Waals surface area contributed by atoms with Crippen LogP contribution >= 0.6 is 0 Å². The first-order chi connectivity index (χ1) is 7.28. The first-order valence-electron chi connectivity index (χ1n) is 4.34. The van der Waals surface area contributed by atoms with Crippen LogP contribution < -0.4 is 4.74 Å². The molecule has 0 aromatic carbocycles. The van der Waals surface area contributed by atoms with Crippen molar-refractivity contribution in [2.75, 3.05) is 0 Å². The SMILES string of the molecule is Cc1cc(Oc2ccnc(C#N)c2)n[nH]1. The van der Waals surface area contributed by atoms with Gasteiger partial charge in [0.15, 0.2) is 0 Å². The summed E-state index contributed by atoms with van der Waals surface area (Å²) in [6.07, 6.45) is 1.52. The Morgan fingerprint density at radius 3 is 3.00 bits per heavy atom. The number of H-pyrrole nitrogens is 1. The molecule has 2 rings (SSSR count). The van der Waals surface area contributed by atoms with E-state index in [1.807, 2.05) is 13.0 Å². The Hall–Kier alpha value is -2.35. The molecular weight excluding hydrogens is 192 g/mol. The van der Waals surface area contributed by atoms with Crippen LogP contribution in [0.1, 0.15) is 11.4 Å². The number of hydrogen-bond acceptors (Lipinski definition) is 4. The third kappa shape index (κ3) is 2.11. The molecule has 0 aliphatic heterocycles. The van der Waals surface area contributed by atoms with Crippen molar-refractivity contribution in [3.05, 3.63) is 35.8 Å². The third-order valence-electron chi connectivity index (χ3n) is 1.75. The Labute approximate surface area is 86.3 Å². The summed E-state index contributed by atoms with van der Waals surface area (Å²) in [5.74, 6) is 1.02. The number of nitriles is 1. The highest BCUT2D eigenvalue weighted by Crippen LogP contribution is 2.19. The summed E-state index contributed by atoms with van der Waals surface area (Å²) in [5, 5.41) is 15.3. The molecular formula is C10H8N4O. The summed E-state index contributed by atoms with van der Waals surface area (Å²) in [6.45, 7) is 1.88. The van der Waals surface area contributed by atoms with Crippen LogP contribution in [0.15, 0.2) is 24.4 Å². The molecule has 0 aliphatic carbocycles. The summed E-state index contributed by atoms with van der Waals surface area (Å²) in [4.78, 5) is 3.84. The number of aromatic nitrogens is 3. The molecule has 0 saturated carbocycles. The number of ether oxygens (including phenoxy) is 1. The van der Waals surface area contributed by atoms with Gasteiger partial charge in [0.2, 0.25) is 5.88 Å². The van der Waals surface area contributed by atoms with E-state index < -0.39 is 0 Å². The van der Waals surface area contributed by atoms with Gasteiger partial charge in [-0.15, -0.1) is 5.10 Å². The predicted molar refractivity (Wildman–Crippen MR) is 52.4 cm³/mol. The van der Waals surface area contributed by atoms with Crippen molar-refractivity contribution in [1.29, 1.82) is 5.26 Å². The largest absolute Gasteiger partial charge is 0.437 e. The molecule has 0 atom stereocenters. The summed E-state index contributed by atoms with van der Waals surface area (Å²) < 4.78 is 5.41. The van der Waals surface area contributed by atoms with Gasteiger partial charge >= 0.3 is 0 Å². The Kier molecular flexibility index (Phi) is 2.33. The van der Waals surface area contributed by atoms with Gasteiger partial charge in [0.1, 0.15) is 17.5 Å².